The average Bonchev–Trinajstić information content (AvgIpc) is 3.71. The van der Waals surface area contributed by atoms with Gasteiger partial charge in [0.2, 0.25) is 0 Å². The van der Waals surface area contributed by atoms with Crippen LogP contribution in [0.1, 0.15) is 0 Å². The molecule has 0 unspecified atom stereocenters. The monoisotopic (exact) mass is 642 g/mol. The molecule has 2 nitrogen and oxygen atoms in total. The first-order valence-corrected chi connectivity index (χ1v) is 17.5. The van der Waals surface area contributed by atoms with Gasteiger partial charge in [0, 0.05) is 53.7 Å². The largest absolute Gasteiger partial charge is 0.310 e. The number of benzene rings is 8. The van der Waals surface area contributed by atoms with E-state index >= 15 is 0 Å². The molecule has 0 spiro atoms. The maximum atomic E-state index is 2.43. The topological polar surface area (TPSA) is 8.17 Å². The van der Waals surface area contributed by atoms with E-state index in [4.69, 9.17) is 0 Å². The Morgan fingerprint density at radius 3 is 1.88 bits per heavy atom. The van der Waals surface area contributed by atoms with Crippen molar-refractivity contribution in [1.29, 1.82) is 0 Å². The molecule has 0 fully saturated rings. The normalized spacial score (nSPS) is 11.7. The fourth-order valence-electron chi connectivity index (χ4n) is 7.53. The minimum Gasteiger partial charge on any atom is -0.310 e. The summed E-state index contributed by atoms with van der Waals surface area (Å²) in [5, 5.41) is 7.67. The highest BCUT2D eigenvalue weighted by Gasteiger charge is 2.19. The van der Waals surface area contributed by atoms with E-state index in [1.807, 2.05) is 11.3 Å². The standard InChI is InChI=1S/C46H30N2S/c1-3-12-31(13-4-1)33-15-11-18-35(28-33)47(37-24-27-44-41(30-37)46-38-19-8-7-14-32(38)22-26-45(46)49-44)36-23-25-43-40(29-36)39-20-9-10-21-42(39)48(43)34-16-5-2-6-17-34/h1-30H. The number of para-hydroxylation sites is 2. The first kappa shape index (κ1) is 27.9. The summed E-state index contributed by atoms with van der Waals surface area (Å²) in [6, 6.07) is 66.2. The van der Waals surface area contributed by atoms with Gasteiger partial charge in [-0.25, -0.2) is 0 Å². The van der Waals surface area contributed by atoms with Crippen LogP contribution in [0.2, 0.25) is 0 Å². The van der Waals surface area contributed by atoms with Crippen molar-refractivity contribution in [2.75, 3.05) is 4.90 Å². The summed E-state index contributed by atoms with van der Waals surface area (Å²) in [7, 11) is 0. The summed E-state index contributed by atoms with van der Waals surface area (Å²) in [6.45, 7) is 0. The Bertz CT molecular complexity index is 2830. The zero-order valence-corrected chi connectivity index (χ0v) is 27.4. The van der Waals surface area contributed by atoms with Gasteiger partial charge in [0.25, 0.3) is 0 Å². The van der Waals surface area contributed by atoms with Crippen molar-refractivity contribution in [3.63, 3.8) is 0 Å². The molecule has 0 saturated heterocycles. The SMILES string of the molecule is c1ccc(-c2cccc(N(c3ccc4sc5ccc6ccccc6c5c4c3)c3ccc4c(c3)c3ccccc3n4-c3ccccc3)c2)cc1. The molecule has 0 aliphatic rings. The summed E-state index contributed by atoms with van der Waals surface area (Å²) in [5.41, 5.74) is 9.34. The third-order valence-corrected chi connectivity index (χ3v) is 10.9. The summed E-state index contributed by atoms with van der Waals surface area (Å²) in [4.78, 5) is 2.43. The Labute approximate surface area is 288 Å². The van der Waals surface area contributed by atoms with Crippen LogP contribution in [0.25, 0.3) is 69.6 Å². The number of hydrogen-bond acceptors (Lipinski definition) is 2. The molecule has 10 aromatic rings. The van der Waals surface area contributed by atoms with Gasteiger partial charge in [0.15, 0.2) is 0 Å². The number of aromatic nitrogens is 1. The second-order valence-corrected chi connectivity index (χ2v) is 13.7. The van der Waals surface area contributed by atoms with Gasteiger partial charge in [0.05, 0.1) is 11.0 Å². The van der Waals surface area contributed by atoms with E-state index < -0.39 is 0 Å². The van der Waals surface area contributed by atoms with E-state index in [2.05, 4.69) is 191 Å². The second-order valence-electron chi connectivity index (χ2n) is 12.6. The van der Waals surface area contributed by atoms with Crippen molar-refractivity contribution in [2.45, 2.75) is 0 Å². The molecule has 0 radical (unpaired) electrons. The summed E-state index contributed by atoms with van der Waals surface area (Å²) < 4.78 is 5.00. The number of anilines is 3. The van der Waals surface area contributed by atoms with Gasteiger partial charge in [-0.2, -0.15) is 0 Å². The van der Waals surface area contributed by atoms with Crippen LogP contribution in [-0.2, 0) is 0 Å². The Morgan fingerprint density at radius 1 is 0.388 bits per heavy atom. The van der Waals surface area contributed by atoms with Crippen LogP contribution in [0.5, 0.6) is 0 Å². The van der Waals surface area contributed by atoms with Gasteiger partial charge >= 0.3 is 0 Å². The highest BCUT2D eigenvalue weighted by Crippen LogP contribution is 2.44. The zero-order valence-electron chi connectivity index (χ0n) is 26.6. The molecule has 3 heteroatoms. The van der Waals surface area contributed by atoms with Crippen molar-refractivity contribution in [1.82, 2.24) is 4.57 Å². The molecule has 8 aromatic carbocycles. The molecule has 0 aliphatic carbocycles. The molecule has 0 aliphatic heterocycles. The van der Waals surface area contributed by atoms with E-state index in [1.54, 1.807) is 0 Å². The Balaban J connectivity index is 1.23. The van der Waals surface area contributed by atoms with Gasteiger partial charge in [-0.05, 0) is 94.7 Å². The smallest absolute Gasteiger partial charge is 0.0542 e. The fraction of sp³-hybridized carbons (Fsp3) is 0. The van der Waals surface area contributed by atoms with Crippen LogP contribution in [0.4, 0.5) is 17.1 Å². The lowest BCUT2D eigenvalue weighted by Crippen LogP contribution is -2.10. The van der Waals surface area contributed by atoms with Crippen LogP contribution in [-0.4, -0.2) is 4.57 Å². The summed E-state index contributed by atoms with van der Waals surface area (Å²) in [6.07, 6.45) is 0. The van der Waals surface area contributed by atoms with Crippen molar-refractivity contribution in [3.05, 3.63) is 182 Å². The van der Waals surface area contributed by atoms with Crippen molar-refractivity contribution >= 4 is 81.1 Å². The van der Waals surface area contributed by atoms with Gasteiger partial charge in [-0.1, -0.05) is 109 Å². The molecule has 0 amide bonds. The molecule has 0 saturated carbocycles. The molecule has 49 heavy (non-hydrogen) atoms. The van der Waals surface area contributed by atoms with Crippen molar-refractivity contribution in [3.8, 4) is 16.8 Å². The predicted molar refractivity (Wildman–Crippen MR) is 211 cm³/mol. The van der Waals surface area contributed by atoms with Crippen LogP contribution >= 0.6 is 11.3 Å². The number of thiophene rings is 1. The van der Waals surface area contributed by atoms with E-state index in [0.717, 1.165) is 22.7 Å². The predicted octanol–water partition coefficient (Wildman–Crippen LogP) is 13.4. The highest BCUT2D eigenvalue weighted by molar-refractivity contribution is 7.26. The van der Waals surface area contributed by atoms with E-state index in [0.29, 0.717) is 0 Å². The number of hydrogen-bond donors (Lipinski definition) is 0. The van der Waals surface area contributed by atoms with Crippen LogP contribution in [0.3, 0.4) is 0 Å². The summed E-state index contributed by atoms with van der Waals surface area (Å²) in [5.74, 6) is 0. The molecule has 0 bridgehead atoms. The number of fused-ring (bicyclic) bond motifs is 8. The highest BCUT2D eigenvalue weighted by atomic mass is 32.1. The number of rotatable bonds is 5. The van der Waals surface area contributed by atoms with Gasteiger partial charge in [0.1, 0.15) is 0 Å². The lowest BCUT2D eigenvalue weighted by molar-refractivity contribution is 1.18. The van der Waals surface area contributed by atoms with E-state index in [9.17, 15) is 0 Å². The van der Waals surface area contributed by atoms with Crippen LogP contribution < -0.4 is 4.90 Å². The Morgan fingerprint density at radius 2 is 1.02 bits per heavy atom. The van der Waals surface area contributed by atoms with Gasteiger partial charge in [-0.15, -0.1) is 11.3 Å². The lowest BCUT2D eigenvalue weighted by Gasteiger charge is -2.26. The molecule has 0 atom stereocenters. The van der Waals surface area contributed by atoms with Crippen molar-refractivity contribution < 1.29 is 0 Å². The number of nitrogens with zero attached hydrogens (tertiary/aromatic N) is 2. The van der Waals surface area contributed by atoms with E-state index in [-0.39, 0.29) is 0 Å². The van der Waals surface area contributed by atoms with Gasteiger partial charge in [-0.3, -0.25) is 0 Å². The molecular formula is C46H30N2S. The molecule has 2 heterocycles. The fourth-order valence-corrected chi connectivity index (χ4v) is 8.63. The van der Waals surface area contributed by atoms with Gasteiger partial charge < -0.3 is 9.47 Å². The molecular weight excluding hydrogens is 613 g/mol. The van der Waals surface area contributed by atoms with Crippen LogP contribution in [0, 0.1) is 0 Å². The van der Waals surface area contributed by atoms with E-state index in [1.165, 1.54) is 63.9 Å². The first-order valence-electron chi connectivity index (χ1n) is 16.7. The maximum absolute atomic E-state index is 2.43. The first-order chi connectivity index (χ1) is 24.3. The maximum Gasteiger partial charge on any atom is 0.0542 e. The average molecular weight is 643 g/mol. The van der Waals surface area contributed by atoms with Crippen LogP contribution in [0.15, 0.2) is 182 Å². The minimum atomic E-state index is 1.12. The molecule has 230 valence electrons. The minimum absolute atomic E-state index is 1.12. The van der Waals surface area contributed by atoms with Crippen molar-refractivity contribution in [2.24, 2.45) is 0 Å². The molecule has 2 aromatic heterocycles. The quantitative estimate of drug-likeness (QED) is 0.181. The second kappa shape index (κ2) is 11.2. The zero-order chi connectivity index (χ0) is 32.3. The Kier molecular flexibility index (Phi) is 6.39. The lowest BCUT2D eigenvalue weighted by atomic mass is 10.0. The third kappa shape index (κ3) is 4.55. The molecule has 10 rings (SSSR count). The third-order valence-electron chi connectivity index (χ3n) is 9.74. The molecule has 0 N–H and O–H groups in total. The summed E-state index contributed by atoms with van der Waals surface area (Å²) >= 11 is 1.87. The Hall–Kier alpha value is -6.16.